The van der Waals surface area contributed by atoms with Crippen molar-refractivity contribution in [2.45, 2.75) is 155 Å². The van der Waals surface area contributed by atoms with Gasteiger partial charge in [0.15, 0.2) is 0 Å². The Kier molecular flexibility index (Phi) is 18.9. The normalized spacial score (nSPS) is 15.6. The maximum Gasteiger partial charge on any atom is 0.139 e. The summed E-state index contributed by atoms with van der Waals surface area (Å²) in [4.78, 5) is 0. The van der Waals surface area contributed by atoms with Crippen molar-refractivity contribution in [2.24, 2.45) is 0 Å². The zero-order valence-corrected chi connectivity index (χ0v) is 28.9. The van der Waals surface area contributed by atoms with Crippen LogP contribution in [0.1, 0.15) is 140 Å². The maximum atomic E-state index is 11.4. The lowest BCUT2D eigenvalue weighted by Gasteiger charge is -2.28. The average Bonchev–Trinajstić information content (AvgIpc) is 3.07. The van der Waals surface area contributed by atoms with Gasteiger partial charge in [-0.2, -0.15) is 0 Å². The van der Waals surface area contributed by atoms with Crippen molar-refractivity contribution < 1.29 is 30.6 Å². The van der Waals surface area contributed by atoms with Gasteiger partial charge in [0, 0.05) is 0 Å². The van der Waals surface area contributed by atoms with Crippen LogP contribution in [0.4, 0.5) is 0 Å². The number of benzene rings is 2. The van der Waals surface area contributed by atoms with Crippen LogP contribution in [-0.2, 0) is 12.8 Å². The molecule has 6 nitrogen and oxygen atoms in total. The van der Waals surface area contributed by atoms with Crippen LogP contribution in [0, 0.1) is 0 Å². The Balaban J connectivity index is 2.47. The van der Waals surface area contributed by atoms with Crippen molar-refractivity contribution in [3.05, 3.63) is 82.3 Å². The summed E-state index contributed by atoms with van der Waals surface area (Å²) < 4.78 is 0. The fourth-order valence-electron chi connectivity index (χ4n) is 6.16. The predicted octanol–water partition coefficient (Wildman–Crippen LogP) is 8.99. The Morgan fingerprint density at radius 3 is 1.15 bits per heavy atom. The third-order valence-corrected chi connectivity index (χ3v) is 9.02. The lowest BCUT2D eigenvalue weighted by molar-refractivity contribution is -0.100. The summed E-state index contributed by atoms with van der Waals surface area (Å²) in [7, 11) is 0. The molecule has 0 amide bonds. The van der Waals surface area contributed by atoms with Crippen LogP contribution in [0.3, 0.4) is 0 Å². The molecule has 0 aliphatic carbocycles. The monoisotopic (exact) mass is 638 g/mol. The van der Waals surface area contributed by atoms with E-state index in [1.165, 1.54) is 0 Å². The summed E-state index contributed by atoms with van der Waals surface area (Å²) in [6, 6.07) is 15.6. The molecule has 6 heteroatoms. The van der Waals surface area contributed by atoms with Gasteiger partial charge in [-0.15, -0.1) is 0 Å². The quantitative estimate of drug-likeness (QED) is 0.0534. The van der Waals surface area contributed by atoms with Crippen LogP contribution in [0.25, 0.3) is 11.1 Å². The molecule has 0 aliphatic rings. The molecule has 2 aromatic carbocycles. The predicted molar refractivity (Wildman–Crippen MR) is 191 cm³/mol. The molecule has 258 valence electrons. The number of hydrogen-bond acceptors (Lipinski definition) is 6. The van der Waals surface area contributed by atoms with Crippen LogP contribution < -0.4 is 0 Å². The molecule has 0 bridgehead atoms. The van der Waals surface area contributed by atoms with E-state index in [4.69, 9.17) is 0 Å². The molecule has 6 N–H and O–H groups in total. The largest absolute Gasteiger partial charge is 0.509 e. The second kappa shape index (κ2) is 22.0. The molecule has 0 saturated carbocycles. The molecule has 2 aromatic rings. The first kappa shape index (κ1) is 39.5. The van der Waals surface area contributed by atoms with E-state index in [0.717, 1.165) is 112 Å². The Morgan fingerprint density at radius 2 is 0.804 bits per heavy atom. The molecule has 0 radical (unpaired) electrons. The Hall–Kier alpha value is -2.64. The van der Waals surface area contributed by atoms with Crippen molar-refractivity contribution in [2.75, 3.05) is 0 Å². The minimum atomic E-state index is -1.94. The third kappa shape index (κ3) is 11.9. The van der Waals surface area contributed by atoms with Crippen molar-refractivity contribution in [1.29, 1.82) is 0 Å². The van der Waals surface area contributed by atoms with Crippen molar-refractivity contribution in [3.8, 4) is 0 Å². The van der Waals surface area contributed by atoms with E-state index >= 15 is 0 Å². The van der Waals surface area contributed by atoms with Crippen molar-refractivity contribution in [3.63, 3.8) is 0 Å². The second-order valence-electron chi connectivity index (χ2n) is 12.7. The maximum absolute atomic E-state index is 11.4. The molecule has 0 spiro atoms. The molecule has 2 rings (SSSR count). The molecule has 0 unspecified atom stereocenters. The molecule has 0 aliphatic heterocycles. The standard InChI is InChI=1S/C40H62O6/c1-5-9-13-21-29-23-17-19-25-31(29)33(27-15-11-7-3)35(41)37(43)39(45)40(46)38(44)36(42)34(28-16-12-8-4)32-26-20-18-24-30(32)22-14-10-6-2/h17-20,23-26,37-46H,5-16,21-22,27-28H2,1-4H3/t37-,38+,39-,40-/m1/s1. The first-order valence-corrected chi connectivity index (χ1v) is 18.0. The number of unbranched alkanes of at least 4 members (excludes halogenated alkanes) is 8. The van der Waals surface area contributed by atoms with E-state index in [1.807, 2.05) is 48.5 Å². The first-order valence-electron chi connectivity index (χ1n) is 18.0. The summed E-state index contributed by atoms with van der Waals surface area (Å²) >= 11 is 0. The Morgan fingerprint density at radius 1 is 0.478 bits per heavy atom. The summed E-state index contributed by atoms with van der Waals surface area (Å²) in [6.45, 7) is 8.49. The van der Waals surface area contributed by atoms with Gasteiger partial charge in [0.05, 0.1) is 0 Å². The van der Waals surface area contributed by atoms with Crippen molar-refractivity contribution in [1.82, 2.24) is 0 Å². The highest BCUT2D eigenvalue weighted by Gasteiger charge is 2.36. The van der Waals surface area contributed by atoms with E-state index in [9.17, 15) is 30.6 Å². The highest BCUT2D eigenvalue weighted by atomic mass is 16.4. The minimum Gasteiger partial charge on any atom is -0.509 e. The number of allylic oxidation sites excluding steroid dienone is 2. The lowest BCUT2D eigenvalue weighted by atomic mass is 9.87. The third-order valence-electron chi connectivity index (χ3n) is 9.02. The molecular formula is C40H62O6. The van der Waals surface area contributed by atoms with Gasteiger partial charge in [0.1, 0.15) is 35.9 Å². The summed E-state index contributed by atoms with van der Waals surface area (Å²) in [6.07, 6.45) is 6.80. The molecule has 46 heavy (non-hydrogen) atoms. The SMILES string of the molecule is CCCCCC(=C(O)[C@@H](O)[C@@H](O)[C@H](O)[C@@H](O)C(O)=C(CCCCC)c1ccccc1CCCCC)c1ccccc1CCCCC. The van der Waals surface area contributed by atoms with Gasteiger partial charge in [-0.3, -0.25) is 0 Å². The average molecular weight is 639 g/mol. The van der Waals surface area contributed by atoms with Gasteiger partial charge >= 0.3 is 0 Å². The molecule has 0 heterocycles. The first-order chi connectivity index (χ1) is 22.2. The van der Waals surface area contributed by atoms with E-state index in [2.05, 4.69) is 27.7 Å². The fourth-order valence-corrected chi connectivity index (χ4v) is 6.16. The lowest BCUT2D eigenvalue weighted by Crippen LogP contribution is -2.46. The summed E-state index contributed by atoms with van der Waals surface area (Å²) in [5.74, 6) is -0.823. The summed E-state index contributed by atoms with van der Waals surface area (Å²) in [5.41, 5.74) is 4.85. The van der Waals surface area contributed by atoms with Crippen LogP contribution in [0.5, 0.6) is 0 Å². The fraction of sp³-hybridized carbons (Fsp3) is 0.600. The number of rotatable bonds is 23. The Bertz CT molecular complexity index is 1110. The van der Waals surface area contributed by atoms with Gasteiger partial charge < -0.3 is 30.6 Å². The van der Waals surface area contributed by atoms with E-state index < -0.39 is 35.9 Å². The van der Waals surface area contributed by atoms with Crippen LogP contribution in [0.2, 0.25) is 0 Å². The van der Waals surface area contributed by atoms with Crippen LogP contribution >= 0.6 is 0 Å². The number of aryl methyl sites for hydroxylation is 2. The number of hydrogen-bond donors (Lipinski definition) is 6. The van der Waals surface area contributed by atoms with Gasteiger partial charge in [-0.1, -0.05) is 128 Å². The number of aliphatic hydroxyl groups is 6. The van der Waals surface area contributed by atoms with Gasteiger partial charge in [0.2, 0.25) is 0 Å². The smallest absolute Gasteiger partial charge is 0.139 e. The van der Waals surface area contributed by atoms with Gasteiger partial charge in [-0.05, 0) is 84.8 Å². The highest BCUT2D eigenvalue weighted by Crippen LogP contribution is 2.33. The number of aliphatic hydroxyl groups excluding tert-OH is 6. The second-order valence-corrected chi connectivity index (χ2v) is 12.7. The van der Waals surface area contributed by atoms with E-state index in [1.54, 1.807) is 0 Å². The Labute approximate surface area is 278 Å². The summed E-state index contributed by atoms with van der Waals surface area (Å²) in [5, 5.41) is 67.7. The van der Waals surface area contributed by atoms with E-state index in [-0.39, 0.29) is 0 Å². The molecule has 4 atom stereocenters. The molecule has 0 saturated heterocycles. The van der Waals surface area contributed by atoms with E-state index in [0.29, 0.717) is 24.0 Å². The van der Waals surface area contributed by atoms with Gasteiger partial charge in [0.25, 0.3) is 0 Å². The van der Waals surface area contributed by atoms with Crippen molar-refractivity contribution >= 4 is 11.1 Å². The zero-order chi connectivity index (χ0) is 33.9. The molecule has 0 fully saturated rings. The topological polar surface area (TPSA) is 121 Å². The zero-order valence-electron chi connectivity index (χ0n) is 28.9. The molecular weight excluding hydrogens is 576 g/mol. The van der Waals surface area contributed by atoms with Crippen LogP contribution in [0.15, 0.2) is 60.0 Å². The molecule has 0 aromatic heterocycles. The highest BCUT2D eigenvalue weighted by molar-refractivity contribution is 5.71. The van der Waals surface area contributed by atoms with Crippen LogP contribution in [-0.4, -0.2) is 55.1 Å². The van der Waals surface area contributed by atoms with Gasteiger partial charge in [-0.25, -0.2) is 0 Å². The minimum absolute atomic E-state index is 0.411.